The van der Waals surface area contributed by atoms with Crippen LogP contribution in [0, 0.1) is 0 Å². The standard InChI is InChI=1S/C23H14N2O3S3/c26-21-18(12-17-13-20-19(31-17)10-11-30-20)22(27)25(23(29)24-21)14-6-8-16(9-7-14)28-15-4-2-1-3-5-15/h1-13H,(H,24,26,29)/b18-12+. The van der Waals surface area contributed by atoms with E-state index in [2.05, 4.69) is 5.32 Å². The Labute approximate surface area is 191 Å². The van der Waals surface area contributed by atoms with E-state index in [0.29, 0.717) is 17.2 Å². The highest BCUT2D eigenvalue weighted by Crippen LogP contribution is 2.32. The van der Waals surface area contributed by atoms with E-state index in [0.717, 1.165) is 14.3 Å². The molecule has 2 aromatic heterocycles. The second-order valence-corrected chi connectivity index (χ2v) is 9.11. The number of thiophene rings is 2. The molecular weight excluding hydrogens is 448 g/mol. The van der Waals surface area contributed by atoms with Crippen LogP contribution in [0.1, 0.15) is 4.88 Å². The minimum atomic E-state index is -0.493. The van der Waals surface area contributed by atoms with Gasteiger partial charge in [-0.25, -0.2) is 0 Å². The van der Waals surface area contributed by atoms with Gasteiger partial charge in [-0.3, -0.25) is 19.8 Å². The van der Waals surface area contributed by atoms with Gasteiger partial charge in [0.1, 0.15) is 17.1 Å². The molecular formula is C23H14N2O3S3. The zero-order valence-corrected chi connectivity index (χ0v) is 18.4. The Balaban J connectivity index is 1.42. The first-order valence-corrected chi connectivity index (χ1v) is 11.4. The average molecular weight is 463 g/mol. The van der Waals surface area contributed by atoms with E-state index >= 15 is 0 Å². The van der Waals surface area contributed by atoms with Crippen LogP contribution < -0.4 is 15.0 Å². The normalized spacial score (nSPS) is 15.5. The zero-order chi connectivity index (χ0) is 21.4. The van der Waals surface area contributed by atoms with Gasteiger partial charge in [0.15, 0.2) is 5.11 Å². The van der Waals surface area contributed by atoms with Gasteiger partial charge in [0.05, 0.1) is 5.69 Å². The van der Waals surface area contributed by atoms with Crippen LogP contribution in [0.3, 0.4) is 0 Å². The molecule has 1 fully saturated rings. The molecule has 31 heavy (non-hydrogen) atoms. The molecule has 152 valence electrons. The summed E-state index contributed by atoms with van der Waals surface area (Å²) in [7, 11) is 0. The van der Waals surface area contributed by atoms with Crippen molar-refractivity contribution < 1.29 is 14.3 Å². The van der Waals surface area contributed by atoms with Crippen LogP contribution in [0.15, 0.2) is 77.7 Å². The molecule has 8 heteroatoms. The molecule has 0 spiro atoms. The number of benzene rings is 2. The van der Waals surface area contributed by atoms with E-state index in [1.165, 1.54) is 16.2 Å². The lowest BCUT2D eigenvalue weighted by molar-refractivity contribution is -0.122. The van der Waals surface area contributed by atoms with Gasteiger partial charge in [0.25, 0.3) is 11.8 Å². The number of anilines is 1. The molecule has 5 nitrogen and oxygen atoms in total. The number of fused-ring (bicyclic) bond motifs is 1. The van der Waals surface area contributed by atoms with E-state index < -0.39 is 11.8 Å². The van der Waals surface area contributed by atoms with Gasteiger partial charge >= 0.3 is 0 Å². The van der Waals surface area contributed by atoms with Gasteiger partial charge in [-0.1, -0.05) is 18.2 Å². The lowest BCUT2D eigenvalue weighted by Crippen LogP contribution is -2.54. The summed E-state index contributed by atoms with van der Waals surface area (Å²) in [6.07, 6.45) is 1.62. The third-order valence-electron chi connectivity index (χ3n) is 4.62. The lowest BCUT2D eigenvalue weighted by atomic mass is 10.1. The van der Waals surface area contributed by atoms with Gasteiger partial charge in [-0.05, 0) is 72.2 Å². The van der Waals surface area contributed by atoms with Gasteiger partial charge < -0.3 is 4.74 Å². The number of nitrogens with zero attached hydrogens (tertiary/aromatic N) is 1. The molecule has 0 unspecified atom stereocenters. The number of hydrogen-bond donors (Lipinski definition) is 1. The molecule has 2 aromatic carbocycles. The molecule has 3 heterocycles. The van der Waals surface area contributed by atoms with Crippen LogP contribution in [0.5, 0.6) is 11.5 Å². The lowest BCUT2D eigenvalue weighted by Gasteiger charge is -2.28. The van der Waals surface area contributed by atoms with Crippen molar-refractivity contribution in [2.75, 3.05) is 4.90 Å². The molecule has 0 atom stereocenters. The Kier molecular flexibility index (Phi) is 5.11. The fourth-order valence-corrected chi connectivity index (χ4v) is 5.52. The molecule has 1 saturated heterocycles. The average Bonchev–Trinajstić information content (AvgIpc) is 3.35. The molecule has 0 aliphatic carbocycles. The van der Waals surface area contributed by atoms with Crippen LogP contribution in [0.2, 0.25) is 0 Å². The smallest absolute Gasteiger partial charge is 0.270 e. The highest BCUT2D eigenvalue weighted by atomic mass is 32.1. The second-order valence-electron chi connectivity index (χ2n) is 6.66. The highest BCUT2D eigenvalue weighted by Gasteiger charge is 2.34. The third-order valence-corrected chi connectivity index (χ3v) is 6.95. The quantitative estimate of drug-likeness (QED) is 0.244. The SMILES string of the molecule is O=C1NC(=S)N(c2ccc(Oc3ccccc3)cc2)C(=O)/C1=C/c1cc2sccc2s1. The fraction of sp³-hybridized carbons (Fsp3) is 0. The maximum atomic E-state index is 13.2. The van der Waals surface area contributed by atoms with Gasteiger partial charge in [-0.15, -0.1) is 22.7 Å². The summed E-state index contributed by atoms with van der Waals surface area (Å²) < 4.78 is 8.05. The van der Waals surface area contributed by atoms with Crippen molar-refractivity contribution in [3.05, 3.63) is 82.6 Å². The van der Waals surface area contributed by atoms with Crippen LogP contribution in [0.4, 0.5) is 5.69 Å². The Morgan fingerprint density at radius 1 is 0.935 bits per heavy atom. The summed E-state index contributed by atoms with van der Waals surface area (Å²) in [6.45, 7) is 0. The Morgan fingerprint density at radius 3 is 2.42 bits per heavy atom. The Bertz CT molecular complexity index is 1310. The summed E-state index contributed by atoms with van der Waals surface area (Å²) in [5.41, 5.74) is 0.598. The summed E-state index contributed by atoms with van der Waals surface area (Å²) in [5, 5.41) is 4.68. The fourth-order valence-electron chi connectivity index (χ4n) is 3.18. The van der Waals surface area contributed by atoms with Crippen LogP contribution in [0.25, 0.3) is 15.5 Å². The molecule has 2 amide bonds. The van der Waals surface area contributed by atoms with Crippen molar-refractivity contribution in [2.45, 2.75) is 0 Å². The van der Waals surface area contributed by atoms with Crippen LogP contribution in [-0.2, 0) is 9.59 Å². The topological polar surface area (TPSA) is 58.6 Å². The number of amides is 2. The van der Waals surface area contributed by atoms with Gasteiger partial charge in [0, 0.05) is 14.3 Å². The molecule has 0 bridgehead atoms. The number of carbonyl (C=O) groups is 2. The molecule has 0 radical (unpaired) electrons. The first-order chi connectivity index (χ1) is 15.1. The molecule has 1 N–H and O–H groups in total. The Hall–Kier alpha value is -3.33. The van der Waals surface area contributed by atoms with E-state index in [4.69, 9.17) is 17.0 Å². The summed E-state index contributed by atoms with van der Waals surface area (Å²) >= 11 is 8.44. The van der Waals surface area contributed by atoms with Crippen molar-refractivity contribution >= 4 is 73.0 Å². The summed E-state index contributed by atoms with van der Waals surface area (Å²) in [4.78, 5) is 27.8. The van der Waals surface area contributed by atoms with E-state index in [1.54, 1.807) is 41.7 Å². The van der Waals surface area contributed by atoms with Crippen molar-refractivity contribution in [3.8, 4) is 11.5 Å². The predicted molar refractivity (Wildman–Crippen MR) is 129 cm³/mol. The third kappa shape index (κ3) is 3.88. The number of ether oxygens (including phenoxy) is 1. The maximum absolute atomic E-state index is 13.2. The minimum Gasteiger partial charge on any atom is -0.457 e. The van der Waals surface area contributed by atoms with Crippen molar-refractivity contribution in [1.29, 1.82) is 0 Å². The highest BCUT2D eigenvalue weighted by molar-refractivity contribution is 7.80. The van der Waals surface area contributed by atoms with E-state index in [9.17, 15) is 9.59 Å². The molecule has 1 aliphatic rings. The molecule has 5 rings (SSSR count). The molecule has 4 aromatic rings. The van der Waals surface area contributed by atoms with Crippen molar-refractivity contribution in [1.82, 2.24) is 5.32 Å². The molecule has 0 saturated carbocycles. The van der Waals surface area contributed by atoms with Crippen LogP contribution >= 0.6 is 34.9 Å². The number of rotatable bonds is 4. The number of para-hydroxylation sites is 1. The number of nitrogens with one attached hydrogen (secondary N) is 1. The Morgan fingerprint density at radius 2 is 1.68 bits per heavy atom. The van der Waals surface area contributed by atoms with Gasteiger partial charge in [0.2, 0.25) is 0 Å². The molecule has 1 aliphatic heterocycles. The van der Waals surface area contributed by atoms with Crippen molar-refractivity contribution in [3.63, 3.8) is 0 Å². The van der Waals surface area contributed by atoms with E-state index in [-0.39, 0.29) is 10.7 Å². The number of thiocarbonyl (C=S) groups is 1. The maximum Gasteiger partial charge on any atom is 0.270 e. The van der Waals surface area contributed by atoms with Gasteiger partial charge in [-0.2, -0.15) is 0 Å². The summed E-state index contributed by atoms with van der Waals surface area (Å²) in [6, 6.07) is 20.4. The first kappa shape index (κ1) is 19.6. The monoisotopic (exact) mass is 462 g/mol. The van der Waals surface area contributed by atoms with Crippen LogP contribution in [-0.4, -0.2) is 16.9 Å². The summed E-state index contributed by atoms with van der Waals surface area (Å²) in [5.74, 6) is 0.395. The number of hydrogen-bond acceptors (Lipinski definition) is 6. The number of carbonyl (C=O) groups excluding carboxylic acids is 2. The second kappa shape index (κ2) is 8.07. The first-order valence-electron chi connectivity index (χ1n) is 9.30. The minimum absolute atomic E-state index is 0.0483. The predicted octanol–water partition coefficient (Wildman–Crippen LogP) is 5.59. The van der Waals surface area contributed by atoms with E-state index in [1.807, 2.05) is 47.8 Å². The largest absolute Gasteiger partial charge is 0.457 e. The van der Waals surface area contributed by atoms with Crippen molar-refractivity contribution in [2.24, 2.45) is 0 Å². The zero-order valence-electron chi connectivity index (χ0n) is 15.9.